The van der Waals surface area contributed by atoms with Gasteiger partial charge >= 0.3 is 5.97 Å². The van der Waals surface area contributed by atoms with Crippen LogP contribution in [0.15, 0.2) is 24.3 Å². The standard InChI is InChI=1S/C32H46IN3O8/c1-3-5-7-13-31(14-8-6-4-2)42-25-23-19-32(30(40)35-15-12-24(38)34-16-17-37)27(29(39)41-23)36(44-28(32)26(25)43-31)20-21-10-9-11-22(33)18-21/h9-11,18,23,25-28,37H,3-8,12-17,19-20H2,1-2H3,(H,34,38)(H,35,40). The molecule has 1 aromatic rings. The molecule has 1 aromatic carbocycles. The van der Waals surface area contributed by atoms with E-state index in [1.807, 2.05) is 24.3 Å². The van der Waals surface area contributed by atoms with Gasteiger partial charge in [0.05, 0.1) is 13.2 Å². The van der Waals surface area contributed by atoms with Crippen molar-refractivity contribution < 1.29 is 38.5 Å². The normalized spacial score (nSPS) is 30.1. The highest BCUT2D eigenvalue weighted by molar-refractivity contribution is 14.1. The first kappa shape index (κ1) is 33.5. The molecule has 0 radical (unpaired) electrons. The van der Waals surface area contributed by atoms with E-state index in [1.165, 1.54) is 0 Å². The molecule has 6 atom stereocenters. The van der Waals surface area contributed by atoms with E-state index in [1.54, 1.807) is 5.06 Å². The van der Waals surface area contributed by atoms with Gasteiger partial charge in [-0.3, -0.25) is 19.2 Å². The number of amides is 2. The van der Waals surface area contributed by atoms with Crippen LogP contribution in [0, 0.1) is 8.99 Å². The molecule has 4 aliphatic rings. The Morgan fingerprint density at radius 2 is 1.77 bits per heavy atom. The number of nitrogens with one attached hydrogen (secondary N) is 2. The molecule has 12 heteroatoms. The van der Waals surface area contributed by atoms with Crippen molar-refractivity contribution >= 4 is 40.4 Å². The van der Waals surface area contributed by atoms with Gasteiger partial charge in [-0.25, -0.2) is 0 Å². The minimum atomic E-state index is -1.28. The Hall–Kier alpha value is -1.84. The van der Waals surface area contributed by atoms with Crippen LogP contribution in [0.4, 0.5) is 0 Å². The first-order valence-electron chi connectivity index (χ1n) is 16.2. The highest BCUT2D eigenvalue weighted by Crippen LogP contribution is 2.58. The Bertz CT molecular complexity index is 1180. The Morgan fingerprint density at radius 1 is 1.05 bits per heavy atom. The smallest absolute Gasteiger partial charge is 0.327 e. The molecule has 1 aliphatic carbocycles. The summed E-state index contributed by atoms with van der Waals surface area (Å²) in [5.74, 6) is -1.97. The highest BCUT2D eigenvalue weighted by atomic mass is 127. The van der Waals surface area contributed by atoms with E-state index in [0.717, 1.165) is 60.5 Å². The van der Waals surface area contributed by atoms with E-state index in [4.69, 9.17) is 24.2 Å². The zero-order valence-electron chi connectivity index (χ0n) is 25.7. The molecular weight excluding hydrogens is 681 g/mol. The Labute approximate surface area is 273 Å². The lowest BCUT2D eigenvalue weighted by Crippen LogP contribution is -2.69. The van der Waals surface area contributed by atoms with Crippen LogP contribution >= 0.6 is 22.6 Å². The number of benzene rings is 1. The van der Waals surface area contributed by atoms with Crippen LogP contribution in [-0.4, -0.2) is 83.9 Å². The van der Waals surface area contributed by atoms with Crippen LogP contribution < -0.4 is 10.6 Å². The third-order valence-corrected chi connectivity index (χ3v) is 9.97. The fraction of sp³-hybridized carbons (Fsp3) is 0.719. The van der Waals surface area contributed by atoms with Crippen molar-refractivity contribution in [1.29, 1.82) is 0 Å². The Kier molecular flexibility index (Phi) is 11.2. The Morgan fingerprint density at radius 3 is 2.45 bits per heavy atom. The number of hydrogen-bond donors (Lipinski definition) is 3. The highest BCUT2D eigenvalue weighted by Gasteiger charge is 2.76. The second kappa shape index (κ2) is 14.7. The summed E-state index contributed by atoms with van der Waals surface area (Å²) in [7, 11) is 0. The van der Waals surface area contributed by atoms with Crippen LogP contribution in [0.5, 0.6) is 0 Å². The van der Waals surface area contributed by atoms with Gasteiger partial charge in [-0.1, -0.05) is 51.7 Å². The lowest BCUT2D eigenvalue weighted by molar-refractivity contribution is -0.224. The molecule has 5 rings (SSSR count). The predicted octanol–water partition coefficient (Wildman–Crippen LogP) is 3.35. The SMILES string of the molecule is CCCCCC1(CCCCC)OC2C3CC4(C(=O)NCCC(=O)NCCO)C(ON(Cc5cccc(I)c5)C4C(=O)O3)C2O1. The van der Waals surface area contributed by atoms with Gasteiger partial charge in [0.25, 0.3) is 0 Å². The van der Waals surface area contributed by atoms with Crippen molar-refractivity contribution in [2.45, 2.75) is 121 Å². The van der Waals surface area contributed by atoms with Crippen molar-refractivity contribution in [2.24, 2.45) is 5.41 Å². The van der Waals surface area contributed by atoms with Gasteiger partial charge in [0.1, 0.15) is 29.8 Å². The van der Waals surface area contributed by atoms with Gasteiger partial charge in [0, 0.05) is 42.3 Å². The van der Waals surface area contributed by atoms with Crippen molar-refractivity contribution in [3.63, 3.8) is 0 Å². The molecule has 44 heavy (non-hydrogen) atoms. The van der Waals surface area contributed by atoms with Crippen molar-refractivity contribution in [2.75, 3.05) is 19.7 Å². The summed E-state index contributed by atoms with van der Waals surface area (Å²) in [5, 5.41) is 16.1. The minimum Gasteiger partial charge on any atom is -0.458 e. The van der Waals surface area contributed by atoms with Crippen LogP contribution in [0.2, 0.25) is 0 Å². The number of carbonyl (C=O) groups is 3. The molecule has 0 aromatic heterocycles. The number of rotatable bonds is 16. The number of esters is 1. The molecule has 3 saturated heterocycles. The van der Waals surface area contributed by atoms with E-state index >= 15 is 0 Å². The zero-order chi connectivity index (χ0) is 31.3. The fourth-order valence-electron chi connectivity index (χ4n) is 7.25. The lowest BCUT2D eigenvalue weighted by Gasteiger charge is -2.48. The van der Waals surface area contributed by atoms with E-state index in [2.05, 4.69) is 47.1 Å². The van der Waals surface area contributed by atoms with Gasteiger partial charge < -0.3 is 30.0 Å². The number of nitrogens with zero attached hydrogens (tertiary/aromatic N) is 1. The maximum absolute atomic E-state index is 14.3. The van der Waals surface area contributed by atoms with Crippen molar-refractivity contribution in [3.05, 3.63) is 33.4 Å². The molecule has 2 bridgehead atoms. The van der Waals surface area contributed by atoms with Gasteiger partial charge in [0.2, 0.25) is 11.8 Å². The second-order valence-electron chi connectivity index (χ2n) is 12.4. The fourth-order valence-corrected chi connectivity index (χ4v) is 7.86. The van der Waals surface area contributed by atoms with Gasteiger partial charge in [0.15, 0.2) is 11.8 Å². The average Bonchev–Trinajstić information content (AvgIpc) is 3.55. The predicted molar refractivity (Wildman–Crippen MR) is 169 cm³/mol. The number of hydrogen-bond acceptors (Lipinski definition) is 9. The molecule has 3 aliphatic heterocycles. The molecule has 244 valence electrons. The average molecular weight is 728 g/mol. The summed E-state index contributed by atoms with van der Waals surface area (Å²) in [6.45, 7) is 4.68. The summed E-state index contributed by atoms with van der Waals surface area (Å²) in [4.78, 5) is 46.9. The molecule has 3 N–H and O–H groups in total. The van der Waals surface area contributed by atoms with Crippen LogP contribution in [0.3, 0.4) is 0 Å². The van der Waals surface area contributed by atoms with E-state index < -0.39 is 47.6 Å². The van der Waals surface area contributed by atoms with Crippen molar-refractivity contribution in [1.82, 2.24) is 15.7 Å². The minimum absolute atomic E-state index is 0.0433. The number of halogens is 1. The van der Waals surface area contributed by atoms with Crippen molar-refractivity contribution in [3.8, 4) is 0 Å². The molecule has 3 heterocycles. The van der Waals surface area contributed by atoms with Gasteiger partial charge in [-0.15, -0.1) is 0 Å². The summed E-state index contributed by atoms with van der Waals surface area (Å²) in [5.41, 5.74) is -0.341. The molecule has 4 fully saturated rings. The third kappa shape index (κ3) is 6.80. The summed E-state index contributed by atoms with van der Waals surface area (Å²) < 4.78 is 20.8. The molecule has 6 unspecified atom stereocenters. The monoisotopic (exact) mass is 727 g/mol. The largest absolute Gasteiger partial charge is 0.458 e. The number of hydroxylamine groups is 2. The summed E-state index contributed by atoms with van der Waals surface area (Å²) in [6, 6.07) is 6.94. The third-order valence-electron chi connectivity index (χ3n) is 9.30. The topological polar surface area (TPSA) is 136 Å². The van der Waals surface area contributed by atoms with Gasteiger partial charge in [-0.2, -0.15) is 5.06 Å². The second-order valence-corrected chi connectivity index (χ2v) is 13.7. The number of aliphatic hydroxyl groups excluding tert-OH is 1. The molecule has 1 saturated carbocycles. The molecular formula is C32H46IN3O8. The zero-order valence-corrected chi connectivity index (χ0v) is 27.9. The maximum atomic E-state index is 14.3. The van der Waals surface area contributed by atoms with E-state index in [-0.39, 0.29) is 50.9 Å². The maximum Gasteiger partial charge on any atom is 0.327 e. The Balaban J connectivity index is 1.45. The van der Waals surface area contributed by atoms with Crippen LogP contribution in [-0.2, 0) is 40.0 Å². The first-order chi connectivity index (χ1) is 21.3. The summed E-state index contributed by atoms with van der Waals surface area (Å²) in [6.07, 6.45) is 5.30. The molecule has 11 nitrogen and oxygen atoms in total. The number of aliphatic hydroxyl groups is 1. The first-order valence-corrected chi connectivity index (χ1v) is 17.2. The molecule has 2 amide bonds. The number of fused-ring (bicyclic) bond motifs is 4. The number of carbonyl (C=O) groups excluding carboxylic acids is 3. The van der Waals surface area contributed by atoms with Crippen LogP contribution in [0.1, 0.15) is 83.6 Å². The van der Waals surface area contributed by atoms with E-state index in [9.17, 15) is 14.4 Å². The number of ether oxygens (including phenoxy) is 3. The lowest BCUT2D eigenvalue weighted by atomic mass is 9.62. The quantitative estimate of drug-likeness (QED) is 0.133. The van der Waals surface area contributed by atoms with Crippen LogP contribution in [0.25, 0.3) is 0 Å². The van der Waals surface area contributed by atoms with Gasteiger partial charge in [-0.05, 0) is 53.1 Å². The number of unbranched alkanes of at least 4 members (excludes halogenated alkanes) is 4. The molecule has 0 spiro atoms. The summed E-state index contributed by atoms with van der Waals surface area (Å²) >= 11 is 2.25. The van der Waals surface area contributed by atoms with E-state index in [0.29, 0.717) is 0 Å².